The molecule has 1 aromatic heterocycles. The van der Waals surface area contributed by atoms with Crippen LogP contribution >= 0.6 is 11.6 Å². The number of benzene rings is 1. The molecular weight excluding hydrogens is 340 g/mol. The largest absolute Gasteiger partial charge is 0.481 e. The number of hydrogen-bond acceptors (Lipinski definition) is 4. The second-order valence-electron chi connectivity index (χ2n) is 6.21. The van der Waals surface area contributed by atoms with Gasteiger partial charge in [-0.25, -0.2) is 4.98 Å². The SMILES string of the molecule is COc1ncc(NC(=O)C2(c3ccc(Cl)cc3)CCOCC2)cc1C. The summed E-state index contributed by atoms with van der Waals surface area (Å²) in [5.74, 6) is 0.501. The summed E-state index contributed by atoms with van der Waals surface area (Å²) in [5.41, 5.74) is 1.85. The summed E-state index contributed by atoms with van der Waals surface area (Å²) in [6, 6.07) is 9.34. The monoisotopic (exact) mass is 360 g/mol. The lowest BCUT2D eigenvalue weighted by Gasteiger charge is -2.36. The van der Waals surface area contributed by atoms with E-state index in [1.807, 2.05) is 37.3 Å². The minimum absolute atomic E-state index is 0.0514. The first kappa shape index (κ1) is 17.7. The van der Waals surface area contributed by atoms with E-state index in [0.29, 0.717) is 42.6 Å². The van der Waals surface area contributed by atoms with Crippen LogP contribution < -0.4 is 10.1 Å². The topological polar surface area (TPSA) is 60.5 Å². The second kappa shape index (κ2) is 7.42. The Morgan fingerprint density at radius 1 is 1.28 bits per heavy atom. The first-order valence-electron chi connectivity index (χ1n) is 8.21. The number of amides is 1. The summed E-state index contributed by atoms with van der Waals surface area (Å²) in [6.45, 7) is 3.00. The molecule has 1 fully saturated rings. The molecule has 0 spiro atoms. The normalized spacial score (nSPS) is 16.3. The van der Waals surface area contributed by atoms with Crippen LogP contribution in [-0.4, -0.2) is 31.2 Å². The van der Waals surface area contributed by atoms with E-state index in [1.54, 1.807) is 13.3 Å². The minimum Gasteiger partial charge on any atom is -0.481 e. The number of carbonyl (C=O) groups excluding carboxylic acids is 1. The first-order chi connectivity index (χ1) is 12.0. The van der Waals surface area contributed by atoms with Gasteiger partial charge in [0.15, 0.2) is 0 Å². The fraction of sp³-hybridized carbons (Fsp3) is 0.368. The van der Waals surface area contributed by atoms with E-state index in [2.05, 4.69) is 10.3 Å². The highest BCUT2D eigenvalue weighted by molar-refractivity contribution is 6.30. The predicted octanol–water partition coefficient (Wildman–Crippen LogP) is 3.74. The van der Waals surface area contributed by atoms with Gasteiger partial charge in [-0.15, -0.1) is 0 Å². The van der Waals surface area contributed by atoms with Crippen LogP contribution in [0, 0.1) is 6.92 Å². The van der Waals surface area contributed by atoms with Crippen molar-refractivity contribution < 1.29 is 14.3 Å². The fourth-order valence-corrected chi connectivity index (χ4v) is 3.36. The lowest BCUT2D eigenvalue weighted by molar-refractivity contribution is -0.125. The number of aromatic nitrogens is 1. The van der Waals surface area contributed by atoms with Crippen molar-refractivity contribution in [1.29, 1.82) is 0 Å². The molecule has 5 nitrogen and oxygen atoms in total. The highest BCUT2D eigenvalue weighted by Crippen LogP contribution is 2.37. The number of methoxy groups -OCH3 is 1. The van der Waals surface area contributed by atoms with Crippen LogP contribution in [0.4, 0.5) is 5.69 Å². The van der Waals surface area contributed by atoms with Crippen molar-refractivity contribution in [2.45, 2.75) is 25.2 Å². The molecule has 2 aromatic rings. The zero-order valence-electron chi connectivity index (χ0n) is 14.3. The third-order valence-electron chi connectivity index (χ3n) is 4.66. The number of nitrogens with one attached hydrogen (secondary N) is 1. The van der Waals surface area contributed by atoms with Crippen molar-refractivity contribution in [3.63, 3.8) is 0 Å². The molecule has 1 amide bonds. The molecular formula is C19H21ClN2O3. The number of nitrogens with zero attached hydrogens (tertiary/aromatic N) is 1. The maximum atomic E-state index is 13.2. The zero-order chi connectivity index (χ0) is 17.9. The predicted molar refractivity (Wildman–Crippen MR) is 97.3 cm³/mol. The van der Waals surface area contributed by atoms with E-state index >= 15 is 0 Å². The Kier molecular flexibility index (Phi) is 5.25. The standard InChI is InChI=1S/C19H21ClN2O3/c1-13-11-16(12-21-17(13)24-2)22-18(23)19(7-9-25-10-8-19)14-3-5-15(20)6-4-14/h3-6,11-12H,7-10H2,1-2H3,(H,22,23). The van der Waals surface area contributed by atoms with Crippen LogP contribution in [0.15, 0.2) is 36.5 Å². The Morgan fingerprint density at radius 3 is 2.56 bits per heavy atom. The maximum absolute atomic E-state index is 13.2. The number of ether oxygens (including phenoxy) is 2. The van der Waals surface area contributed by atoms with Crippen molar-refractivity contribution in [2.75, 3.05) is 25.6 Å². The maximum Gasteiger partial charge on any atom is 0.235 e. The molecule has 1 aliphatic rings. The van der Waals surface area contributed by atoms with Crippen LogP contribution in [0.2, 0.25) is 5.02 Å². The van der Waals surface area contributed by atoms with Gasteiger partial charge in [-0.2, -0.15) is 0 Å². The zero-order valence-corrected chi connectivity index (χ0v) is 15.1. The molecule has 0 bridgehead atoms. The van der Waals surface area contributed by atoms with Gasteiger partial charge in [-0.3, -0.25) is 4.79 Å². The van der Waals surface area contributed by atoms with Gasteiger partial charge in [0.2, 0.25) is 11.8 Å². The Morgan fingerprint density at radius 2 is 1.96 bits per heavy atom. The van der Waals surface area contributed by atoms with Gasteiger partial charge >= 0.3 is 0 Å². The number of anilines is 1. The molecule has 0 unspecified atom stereocenters. The lowest BCUT2D eigenvalue weighted by atomic mass is 9.73. The molecule has 0 atom stereocenters. The quantitative estimate of drug-likeness (QED) is 0.902. The number of hydrogen-bond donors (Lipinski definition) is 1. The molecule has 1 aromatic carbocycles. The highest BCUT2D eigenvalue weighted by atomic mass is 35.5. The van der Waals surface area contributed by atoms with Crippen molar-refractivity contribution in [3.05, 3.63) is 52.7 Å². The van der Waals surface area contributed by atoms with E-state index in [1.165, 1.54) is 0 Å². The molecule has 1 N–H and O–H groups in total. The van der Waals surface area contributed by atoms with Gasteiger partial charge in [-0.05, 0) is 43.5 Å². The van der Waals surface area contributed by atoms with E-state index in [0.717, 1.165) is 11.1 Å². The first-order valence-corrected chi connectivity index (χ1v) is 8.59. The van der Waals surface area contributed by atoms with Crippen LogP contribution in [0.3, 0.4) is 0 Å². The van der Waals surface area contributed by atoms with E-state index in [-0.39, 0.29) is 5.91 Å². The van der Waals surface area contributed by atoms with Crippen LogP contribution in [0.25, 0.3) is 0 Å². The van der Waals surface area contributed by atoms with E-state index in [4.69, 9.17) is 21.1 Å². The third-order valence-corrected chi connectivity index (χ3v) is 4.91. The molecule has 2 heterocycles. The van der Waals surface area contributed by atoms with Crippen molar-refractivity contribution in [3.8, 4) is 5.88 Å². The summed E-state index contributed by atoms with van der Waals surface area (Å²) >= 11 is 6.01. The average Bonchev–Trinajstić information content (AvgIpc) is 2.63. The lowest BCUT2D eigenvalue weighted by Crippen LogP contribution is -2.44. The Balaban J connectivity index is 1.89. The van der Waals surface area contributed by atoms with Crippen molar-refractivity contribution in [2.24, 2.45) is 0 Å². The van der Waals surface area contributed by atoms with Gasteiger partial charge in [0.1, 0.15) is 0 Å². The number of carbonyl (C=O) groups is 1. The van der Waals surface area contributed by atoms with Gasteiger partial charge in [0.05, 0.1) is 24.4 Å². The second-order valence-corrected chi connectivity index (χ2v) is 6.64. The van der Waals surface area contributed by atoms with Crippen molar-refractivity contribution >= 4 is 23.2 Å². The minimum atomic E-state index is -0.628. The number of rotatable bonds is 4. The van der Waals surface area contributed by atoms with Crippen LogP contribution in [0.1, 0.15) is 24.0 Å². The molecule has 25 heavy (non-hydrogen) atoms. The Labute approximate surface area is 152 Å². The van der Waals surface area contributed by atoms with Crippen LogP contribution in [-0.2, 0) is 14.9 Å². The summed E-state index contributed by atoms with van der Waals surface area (Å²) in [6.07, 6.45) is 2.87. The van der Waals surface area contributed by atoms with Gasteiger partial charge < -0.3 is 14.8 Å². The molecule has 132 valence electrons. The number of halogens is 1. The Hall–Kier alpha value is -2.11. The highest BCUT2D eigenvalue weighted by Gasteiger charge is 2.41. The average molecular weight is 361 g/mol. The molecule has 1 saturated heterocycles. The molecule has 3 rings (SSSR count). The summed E-state index contributed by atoms with van der Waals surface area (Å²) in [7, 11) is 1.57. The molecule has 0 saturated carbocycles. The molecule has 6 heteroatoms. The Bertz CT molecular complexity index is 756. The number of pyridine rings is 1. The summed E-state index contributed by atoms with van der Waals surface area (Å²) in [4.78, 5) is 17.4. The van der Waals surface area contributed by atoms with Gasteiger partial charge in [-0.1, -0.05) is 23.7 Å². The molecule has 1 aliphatic heterocycles. The molecule has 0 aliphatic carbocycles. The number of aryl methyl sites for hydroxylation is 1. The van der Waals surface area contributed by atoms with E-state index in [9.17, 15) is 4.79 Å². The molecule has 0 radical (unpaired) electrons. The van der Waals surface area contributed by atoms with E-state index < -0.39 is 5.41 Å². The van der Waals surface area contributed by atoms with Crippen molar-refractivity contribution in [1.82, 2.24) is 4.98 Å². The smallest absolute Gasteiger partial charge is 0.235 e. The summed E-state index contributed by atoms with van der Waals surface area (Å²) in [5, 5.41) is 3.67. The third kappa shape index (κ3) is 3.62. The van der Waals surface area contributed by atoms with Gasteiger partial charge in [0.25, 0.3) is 0 Å². The van der Waals surface area contributed by atoms with Crippen LogP contribution in [0.5, 0.6) is 5.88 Å². The summed E-state index contributed by atoms with van der Waals surface area (Å²) < 4.78 is 10.7. The fourth-order valence-electron chi connectivity index (χ4n) is 3.23. The van der Waals surface area contributed by atoms with Gasteiger partial charge in [0, 0.05) is 23.8 Å².